The summed E-state index contributed by atoms with van der Waals surface area (Å²) in [6, 6.07) is 11.7. The molecular formula is C22H24N2O5S2. The molecule has 1 aliphatic rings. The van der Waals surface area contributed by atoms with E-state index in [1.165, 1.54) is 23.5 Å². The number of fused-ring (bicyclic) bond motifs is 1. The summed E-state index contributed by atoms with van der Waals surface area (Å²) in [5, 5.41) is 0.580. The number of thiazole rings is 1. The molecule has 1 unspecified atom stereocenters. The zero-order chi connectivity index (χ0) is 22.0. The molecule has 0 bridgehead atoms. The van der Waals surface area contributed by atoms with Crippen molar-refractivity contribution in [1.82, 2.24) is 4.98 Å². The van der Waals surface area contributed by atoms with Crippen molar-refractivity contribution < 1.29 is 22.7 Å². The molecule has 0 radical (unpaired) electrons. The summed E-state index contributed by atoms with van der Waals surface area (Å²) >= 11 is 1.42. The van der Waals surface area contributed by atoms with Crippen molar-refractivity contribution in [1.29, 1.82) is 0 Å². The zero-order valence-corrected chi connectivity index (χ0v) is 19.0. The predicted molar refractivity (Wildman–Crippen MR) is 121 cm³/mol. The number of hydrogen-bond acceptors (Lipinski definition) is 7. The fraction of sp³-hybridized carbons (Fsp3) is 0.364. The lowest BCUT2D eigenvalue weighted by Crippen LogP contribution is -2.37. The van der Waals surface area contributed by atoms with Gasteiger partial charge in [-0.3, -0.25) is 9.69 Å². The number of nitrogens with zero attached hydrogens (tertiary/aromatic N) is 2. The summed E-state index contributed by atoms with van der Waals surface area (Å²) in [7, 11) is -3.33. The first kappa shape index (κ1) is 21.7. The van der Waals surface area contributed by atoms with Crippen LogP contribution in [0.3, 0.4) is 0 Å². The highest BCUT2D eigenvalue weighted by atomic mass is 32.2. The van der Waals surface area contributed by atoms with Crippen molar-refractivity contribution in [3.8, 4) is 5.75 Å². The lowest BCUT2D eigenvalue weighted by atomic mass is 10.2. The molecule has 9 heteroatoms. The number of rotatable bonds is 7. The van der Waals surface area contributed by atoms with E-state index in [0.29, 0.717) is 30.5 Å². The maximum atomic E-state index is 13.4. The highest BCUT2D eigenvalue weighted by Gasteiger charge is 2.27. The molecule has 7 nitrogen and oxygen atoms in total. The van der Waals surface area contributed by atoms with Gasteiger partial charge in [0.2, 0.25) is 0 Å². The van der Waals surface area contributed by atoms with Gasteiger partial charge in [0, 0.05) is 18.4 Å². The highest BCUT2D eigenvalue weighted by Crippen LogP contribution is 2.33. The Morgan fingerprint density at radius 3 is 2.68 bits per heavy atom. The van der Waals surface area contributed by atoms with Crippen LogP contribution in [-0.2, 0) is 14.6 Å². The van der Waals surface area contributed by atoms with Crippen molar-refractivity contribution in [2.45, 2.75) is 30.8 Å². The second-order valence-corrected chi connectivity index (χ2v) is 10.4. The number of benzene rings is 2. The Kier molecular flexibility index (Phi) is 6.27. The normalized spacial score (nSPS) is 16.5. The van der Waals surface area contributed by atoms with E-state index in [9.17, 15) is 13.2 Å². The van der Waals surface area contributed by atoms with Crippen LogP contribution in [0.4, 0.5) is 5.13 Å². The van der Waals surface area contributed by atoms with Crippen LogP contribution in [0.2, 0.25) is 0 Å². The minimum absolute atomic E-state index is 0.0507. The highest BCUT2D eigenvalue weighted by molar-refractivity contribution is 7.90. The van der Waals surface area contributed by atoms with E-state index >= 15 is 0 Å². The molecule has 1 aromatic heterocycles. The van der Waals surface area contributed by atoms with E-state index in [0.717, 1.165) is 35.1 Å². The summed E-state index contributed by atoms with van der Waals surface area (Å²) in [6.45, 7) is 3.59. The van der Waals surface area contributed by atoms with Crippen LogP contribution in [-0.4, -0.2) is 51.4 Å². The maximum absolute atomic E-state index is 13.4. The van der Waals surface area contributed by atoms with Crippen molar-refractivity contribution in [2.75, 3.05) is 30.9 Å². The van der Waals surface area contributed by atoms with E-state index in [-0.39, 0.29) is 16.9 Å². The van der Waals surface area contributed by atoms with Crippen molar-refractivity contribution in [3.63, 3.8) is 0 Å². The van der Waals surface area contributed by atoms with E-state index in [2.05, 4.69) is 4.98 Å². The van der Waals surface area contributed by atoms with Crippen LogP contribution in [0, 0.1) is 0 Å². The Balaban J connectivity index is 1.68. The number of aromatic nitrogens is 1. The summed E-state index contributed by atoms with van der Waals surface area (Å²) < 4.78 is 35.8. The number of anilines is 1. The molecule has 0 aliphatic carbocycles. The quantitative estimate of drug-likeness (QED) is 0.531. The third kappa shape index (κ3) is 4.89. The van der Waals surface area contributed by atoms with Gasteiger partial charge in [0.25, 0.3) is 5.91 Å². The summed E-state index contributed by atoms with van der Waals surface area (Å²) in [4.78, 5) is 19.9. The molecule has 2 heterocycles. The number of ether oxygens (including phenoxy) is 2. The monoisotopic (exact) mass is 460 g/mol. The van der Waals surface area contributed by atoms with Crippen molar-refractivity contribution >= 4 is 42.4 Å². The average molecular weight is 461 g/mol. The van der Waals surface area contributed by atoms with Crippen LogP contribution >= 0.6 is 11.3 Å². The smallest absolute Gasteiger partial charge is 0.260 e. The van der Waals surface area contributed by atoms with Crippen LogP contribution < -0.4 is 9.64 Å². The third-order valence-electron chi connectivity index (χ3n) is 5.08. The van der Waals surface area contributed by atoms with E-state index in [1.54, 1.807) is 17.0 Å². The topological polar surface area (TPSA) is 85.8 Å². The molecular weight excluding hydrogens is 436 g/mol. The van der Waals surface area contributed by atoms with Crippen LogP contribution in [0.25, 0.3) is 10.2 Å². The van der Waals surface area contributed by atoms with Gasteiger partial charge in [0.05, 0.1) is 34.4 Å². The van der Waals surface area contributed by atoms with Crippen LogP contribution in [0.1, 0.15) is 30.1 Å². The number of sulfone groups is 1. The second kappa shape index (κ2) is 8.94. The average Bonchev–Trinajstić information content (AvgIpc) is 3.40. The number of carbonyl (C=O) groups excluding carboxylic acids is 1. The molecule has 31 heavy (non-hydrogen) atoms. The SMILES string of the molecule is CCOc1ccc2nc(N(CC3CCCO3)C(=O)c3ccc(S(C)(=O)=O)cc3)sc2c1. The largest absolute Gasteiger partial charge is 0.494 e. The van der Waals surface area contributed by atoms with Crippen LogP contribution in [0.5, 0.6) is 5.75 Å². The van der Waals surface area contributed by atoms with Gasteiger partial charge in [-0.05, 0) is 62.2 Å². The van der Waals surface area contributed by atoms with Gasteiger partial charge < -0.3 is 9.47 Å². The molecule has 1 amide bonds. The Bertz CT molecular complexity index is 1180. The second-order valence-electron chi connectivity index (χ2n) is 7.41. The first-order valence-corrected chi connectivity index (χ1v) is 12.8. The summed E-state index contributed by atoms with van der Waals surface area (Å²) in [5.41, 5.74) is 1.20. The van der Waals surface area contributed by atoms with E-state index in [1.807, 2.05) is 25.1 Å². The minimum Gasteiger partial charge on any atom is -0.494 e. The molecule has 0 N–H and O–H groups in total. The summed E-state index contributed by atoms with van der Waals surface area (Å²) in [6.07, 6.45) is 2.94. The van der Waals surface area contributed by atoms with E-state index < -0.39 is 9.84 Å². The molecule has 0 spiro atoms. The zero-order valence-electron chi connectivity index (χ0n) is 17.4. The fourth-order valence-corrected chi connectivity index (χ4v) is 5.14. The maximum Gasteiger partial charge on any atom is 0.260 e. The number of carbonyl (C=O) groups is 1. The Hall–Kier alpha value is -2.49. The first-order chi connectivity index (χ1) is 14.8. The Labute approximate surface area is 185 Å². The molecule has 164 valence electrons. The predicted octanol–water partition coefficient (Wildman–Crippen LogP) is 3.92. The van der Waals surface area contributed by atoms with Crippen molar-refractivity contribution in [3.05, 3.63) is 48.0 Å². The molecule has 1 fully saturated rings. The molecule has 4 rings (SSSR count). The molecule has 1 aliphatic heterocycles. The van der Waals surface area contributed by atoms with Gasteiger partial charge in [-0.25, -0.2) is 13.4 Å². The molecule has 0 saturated carbocycles. The lowest BCUT2D eigenvalue weighted by Gasteiger charge is -2.23. The van der Waals surface area contributed by atoms with Gasteiger partial charge in [-0.1, -0.05) is 11.3 Å². The Morgan fingerprint density at radius 1 is 1.26 bits per heavy atom. The molecule has 3 aromatic rings. The fourth-order valence-electron chi connectivity index (χ4n) is 3.51. The summed E-state index contributed by atoms with van der Waals surface area (Å²) in [5.74, 6) is 0.526. The van der Waals surface area contributed by atoms with Crippen LogP contribution in [0.15, 0.2) is 47.4 Å². The number of hydrogen-bond donors (Lipinski definition) is 0. The number of amides is 1. The third-order valence-corrected chi connectivity index (χ3v) is 7.24. The van der Waals surface area contributed by atoms with Gasteiger partial charge in [-0.15, -0.1) is 0 Å². The first-order valence-electron chi connectivity index (χ1n) is 10.1. The minimum atomic E-state index is -3.33. The van der Waals surface area contributed by atoms with Gasteiger partial charge in [0.15, 0.2) is 15.0 Å². The van der Waals surface area contributed by atoms with Crippen molar-refractivity contribution in [2.24, 2.45) is 0 Å². The lowest BCUT2D eigenvalue weighted by molar-refractivity contribution is 0.0917. The molecule has 1 saturated heterocycles. The van der Waals surface area contributed by atoms with E-state index in [4.69, 9.17) is 9.47 Å². The van der Waals surface area contributed by atoms with Gasteiger partial charge >= 0.3 is 0 Å². The molecule has 1 atom stereocenters. The van der Waals surface area contributed by atoms with Gasteiger partial charge in [0.1, 0.15) is 5.75 Å². The Morgan fingerprint density at radius 2 is 2.03 bits per heavy atom. The van der Waals surface area contributed by atoms with Gasteiger partial charge in [-0.2, -0.15) is 0 Å². The standard InChI is InChI=1S/C22H24N2O5S2/c1-3-28-16-8-11-19-20(13-16)30-22(23-19)24(14-17-5-4-12-29-17)21(25)15-6-9-18(10-7-15)31(2,26)27/h6-11,13,17H,3-5,12,14H2,1-2H3. The molecule has 2 aromatic carbocycles.